The number of rotatable bonds is 4. The number of benzene rings is 1. The zero-order valence-corrected chi connectivity index (χ0v) is 11.6. The highest BCUT2D eigenvalue weighted by molar-refractivity contribution is 5.67. The second-order valence-corrected chi connectivity index (χ2v) is 5.46. The average molecular weight is 262 g/mol. The zero-order valence-electron chi connectivity index (χ0n) is 11.6. The van der Waals surface area contributed by atoms with Gasteiger partial charge in [-0.25, -0.2) is 4.79 Å². The molecule has 4 nitrogen and oxygen atoms in total. The summed E-state index contributed by atoms with van der Waals surface area (Å²) in [6, 6.07) is 10.3. The van der Waals surface area contributed by atoms with Gasteiger partial charge in [-0.3, -0.25) is 0 Å². The molecule has 2 atom stereocenters. The summed E-state index contributed by atoms with van der Waals surface area (Å²) in [6.45, 7) is 4.15. The van der Waals surface area contributed by atoms with E-state index in [4.69, 9.17) is 4.74 Å². The molecule has 1 aliphatic heterocycles. The van der Waals surface area contributed by atoms with E-state index in [1.165, 1.54) is 12.7 Å². The molecule has 19 heavy (non-hydrogen) atoms. The third kappa shape index (κ3) is 3.47. The van der Waals surface area contributed by atoms with Crippen LogP contribution >= 0.6 is 0 Å². The maximum atomic E-state index is 11.6. The molecule has 1 aromatic carbocycles. The fourth-order valence-corrected chi connectivity index (χ4v) is 2.66. The lowest BCUT2D eigenvalue weighted by Crippen LogP contribution is -2.48. The Bertz CT molecular complexity index is 413. The zero-order chi connectivity index (χ0) is 13.7. The van der Waals surface area contributed by atoms with Crippen molar-refractivity contribution in [2.45, 2.75) is 25.8 Å². The van der Waals surface area contributed by atoms with Crippen LogP contribution in [0.2, 0.25) is 0 Å². The van der Waals surface area contributed by atoms with Crippen molar-refractivity contribution in [2.24, 2.45) is 5.41 Å². The second kappa shape index (κ2) is 6.06. The third-order valence-electron chi connectivity index (χ3n) is 4.00. The predicted octanol–water partition coefficient (Wildman–Crippen LogP) is 1.95. The summed E-state index contributed by atoms with van der Waals surface area (Å²) in [7, 11) is 1.41. The van der Waals surface area contributed by atoms with Gasteiger partial charge in [0.2, 0.25) is 0 Å². The molecule has 4 heteroatoms. The van der Waals surface area contributed by atoms with Gasteiger partial charge < -0.3 is 15.4 Å². The Morgan fingerprint density at radius 2 is 2.21 bits per heavy atom. The number of nitrogens with one attached hydrogen (secondary N) is 2. The second-order valence-electron chi connectivity index (χ2n) is 5.46. The Morgan fingerprint density at radius 3 is 2.79 bits per heavy atom. The van der Waals surface area contributed by atoms with Gasteiger partial charge in [-0.1, -0.05) is 37.3 Å². The lowest BCUT2D eigenvalue weighted by atomic mass is 9.78. The first-order valence-corrected chi connectivity index (χ1v) is 6.73. The molecule has 1 saturated heterocycles. The molecule has 1 heterocycles. The largest absolute Gasteiger partial charge is 0.453 e. The van der Waals surface area contributed by atoms with Gasteiger partial charge >= 0.3 is 6.09 Å². The van der Waals surface area contributed by atoms with E-state index in [9.17, 15) is 4.79 Å². The summed E-state index contributed by atoms with van der Waals surface area (Å²) in [6.07, 6.45) is 1.54. The molecule has 2 N–H and O–H groups in total. The third-order valence-corrected chi connectivity index (χ3v) is 4.00. The van der Waals surface area contributed by atoms with E-state index in [1.54, 1.807) is 0 Å². The minimum atomic E-state index is -0.353. The first-order chi connectivity index (χ1) is 9.14. The van der Waals surface area contributed by atoms with Crippen LogP contribution in [0.4, 0.5) is 4.79 Å². The number of amides is 1. The molecule has 1 fully saturated rings. The highest BCUT2D eigenvalue weighted by Gasteiger charge is 2.38. The van der Waals surface area contributed by atoms with Crippen LogP contribution in [0.15, 0.2) is 30.3 Å². The highest BCUT2D eigenvalue weighted by atomic mass is 16.5. The number of ether oxygens (including phenoxy) is 1. The molecule has 0 radical (unpaired) electrons. The van der Waals surface area contributed by atoms with E-state index in [1.807, 2.05) is 18.2 Å². The molecule has 0 saturated carbocycles. The fraction of sp³-hybridized carbons (Fsp3) is 0.533. The van der Waals surface area contributed by atoms with E-state index >= 15 is 0 Å². The van der Waals surface area contributed by atoms with Crippen molar-refractivity contribution in [2.75, 3.05) is 20.2 Å². The van der Waals surface area contributed by atoms with E-state index in [-0.39, 0.29) is 17.6 Å². The Balaban J connectivity index is 2.12. The van der Waals surface area contributed by atoms with E-state index in [2.05, 4.69) is 29.7 Å². The van der Waals surface area contributed by atoms with Crippen molar-refractivity contribution in [1.29, 1.82) is 0 Å². The van der Waals surface area contributed by atoms with Crippen LogP contribution < -0.4 is 10.6 Å². The smallest absolute Gasteiger partial charge is 0.407 e. The van der Waals surface area contributed by atoms with Crippen LogP contribution in [0.25, 0.3) is 0 Å². The van der Waals surface area contributed by atoms with Gasteiger partial charge in [0.25, 0.3) is 0 Å². The summed E-state index contributed by atoms with van der Waals surface area (Å²) in [4.78, 5) is 11.6. The molecule has 0 spiro atoms. The average Bonchev–Trinajstić information content (AvgIpc) is 2.87. The van der Waals surface area contributed by atoms with Crippen molar-refractivity contribution >= 4 is 6.09 Å². The summed E-state index contributed by atoms with van der Waals surface area (Å²) in [5.41, 5.74) is 1.31. The van der Waals surface area contributed by atoms with Crippen molar-refractivity contribution in [3.8, 4) is 0 Å². The first-order valence-electron chi connectivity index (χ1n) is 6.73. The monoisotopic (exact) mass is 262 g/mol. The quantitative estimate of drug-likeness (QED) is 0.872. The lowest BCUT2D eigenvalue weighted by molar-refractivity contribution is 0.150. The van der Waals surface area contributed by atoms with Gasteiger partial charge in [0.05, 0.1) is 7.11 Å². The molecule has 1 amide bonds. The van der Waals surface area contributed by atoms with Crippen molar-refractivity contribution in [3.63, 3.8) is 0 Å². The first kappa shape index (κ1) is 13.9. The van der Waals surface area contributed by atoms with Gasteiger partial charge in [-0.05, 0) is 24.9 Å². The molecule has 0 aliphatic carbocycles. The normalized spacial score (nSPS) is 23.9. The Labute approximate surface area is 114 Å². The van der Waals surface area contributed by atoms with E-state index in [0.717, 1.165) is 25.9 Å². The van der Waals surface area contributed by atoms with Gasteiger partial charge in [0.1, 0.15) is 0 Å². The summed E-state index contributed by atoms with van der Waals surface area (Å²) >= 11 is 0. The number of alkyl carbamates (subject to hydrolysis) is 1. The lowest BCUT2D eigenvalue weighted by Gasteiger charge is -2.33. The molecule has 1 aliphatic rings. The highest BCUT2D eigenvalue weighted by Crippen LogP contribution is 2.31. The Morgan fingerprint density at radius 1 is 1.47 bits per heavy atom. The summed E-state index contributed by atoms with van der Waals surface area (Å²) < 4.78 is 4.75. The summed E-state index contributed by atoms with van der Waals surface area (Å²) in [5, 5.41) is 6.37. The Kier molecular flexibility index (Phi) is 4.43. The van der Waals surface area contributed by atoms with E-state index in [0.29, 0.717) is 0 Å². The van der Waals surface area contributed by atoms with Gasteiger partial charge in [-0.15, -0.1) is 0 Å². The van der Waals surface area contributed by atoms with Crippen LogP contribution in [0.3, 0.4) is 0 Å². The fourth-order valence-electron chi connectivity index (χ4n) is 2.66. The van der Waals surface area contributed by atoms with Crippen LogP contribution in [0, 0.1) is 5.41 Å². The maximum Gasteiger partial charge on any atom is 0.407 e. The van der Waals surface area contributed by atoms with Crippen molar-refractivity contribution in [1.82, 2.24) is 10.6 Å². The van der Waals surface area contributed by atoms with Gasteiger partial charge in [0, 0.05) is 18.0 Å². The number of methoxy groups -OCH3 is 1. The molecule has 104 valence electrons. The number of carbonyl (C=O) groups excluding carboxylic acids is 1. The minimum absolute atomic E-state index is 0.0734. The Hall–Kier alpha value is -1.55. The molecular weight excluding hydrogens is 240 g/mol. The van der Waals surface area contributed by atoms with Crippen molar-refractivity contribution < 1.29 is 9.53 Å². The molecule has 1 aromatic rings. The van der Waals surface area contributed by atoms with Crippen LogP contribution in [0.1, 0.15) is 18.9 Å². The number of hydrogen-bond acceptors (Lipinski definition) is 3. The topological polar surface area (TPSA) is 50.4 Å². The molecule has 2 unspecified atom stereocenters. The van der Waals surface area contributed by atoms with Gasteiger partial charge in [-0.2, -0.15) is 0 Å². The maximum absolute atomic E-state index is 11.6. The predicted molar refractivity (Wildman–Crippen MR) is 75.1 cm³/mol. The molecule has 2 rings (SSSR count). The van der Waals surface area contributed by atoms with E-state index < -0.39 is 0 Å². The minimum Gasteiger partial charge on any atom is -0.453 e. The van der Waals surface area contributed by atoms with Crippen molar-refractivity contribution in [3.05, 3.63) is 35.9 Å². The summed E-state index contributed by atoms with van der Waals surface area (Å²) in [5.74, 6) is 0. The van der Waals surface area contributed by atoms with Crippen LogP contribution in [-0.2, 0) is 11.2 Å². The number of hydrogen-bond donors (Lipinski definition) is 2. The van der Waals surface area contributed by atoms with Crippen LogP contribution in [-0.4, -0.2) is 32.3 Å². The standard InChI is InChI=1S/C15H22N2O2/c1-15(8-9-16-11-15)13(17-14(18)19-2)10-12-6-4-3-5-7-12/h3-7,13,16H,8-11H2,1-2H3,(H,17,18). The number of carbonyl (C=O) groups is 1. The molecular formula is C15H22N2O2. The van der Waals surface area contributed by atoms with Crippen LogP contribution in [0.5, 0.6) is 0 Å². The molecule has 0 bridgehead atoms. The van der Waals surface area contributed by atoms with Gasteiger partial charge in [0.15, 0.2) is 0 Å². The molecule has 0 aromatic heterocycles. The SMILES string of the molecule is COC(=O)NC(Cc1ccccc1)C1(C)CCNC1.